The van der Waals surface area contributed by atoms with Gasteiger partial charge in [0.05, 0.1) is 23.6 Å². The number of carbonyl (C=O) groups is 2. The van der Waals surface area contributed by atoms with Gasteiger partial charge in [0.1, 0.15) is 5.52 Å². The summed E-state index contributed by atoms with van der Waals surface area (Å²) >= 11 is 0. The Balaban J connectivity index is 1.80. The molecule has 0 radical (unpaired) electrons. The van der Waals surface area contributed by atoms with Crippen molar-refractivity contribution in [1.82, 2.24) is 14.8 Å². The van der Waals surface area contributed by atoms with E-state index in [0.717, 1.165) is 18.2 Å². The largest absolute Gasteiger partial charge is 0.367 e. The van der Waals surface area contributed by atoms with Crippen molar-refractivity contribution in [2.75, 3.05) is 13.1 Å². The van der Waals surface area contributed by atoms with Crippen LogP contribution < -0.4 is 5.73 Å². The number of carbonyl (C=O) groups excluding carboxylic acids is 2. The van der Waals surface area contributed by atoms with Crippen LogP contribution in [0.5, 0.6) is 0 Å². The highest BCUT2D eigenvalue weighted by molar-refractivity contribution is 6.04. The molecule has 0 saturated carbocycles. The Bertz CT molecular complexity index is 806. The predicted molar refractivity (Wildman–Crippen MR) is 93.6 cm³/mol. The lowest BCUT2D eigenvalue weighted by Gasteiger charge is -2.32. The smallest absolute Gasteiger partial charge is 0.330 e. The highest BCUT2D eigenvalue weighted by atomic mass is 16.7. The zero-order chi connectivity index (χ0) is 18.2. The fourth-order valence-corrected chi connectivity index (χ4v) is 2.92. The van der Waals surface area contributed by atoms with Gasteiger partial charge in [-0.1, -0.05) is 12.1 Å². The van der Waals surface area contributed by atoms with Gasteiger partial charge in [-0.15, -0.1) is 5.06 Å². The van der Waals surface area contributed by atoms with Gasteiger partial charge in [0.15, 0.2) is 0 Å². The molecule has 2 heterocycles. The van der Waals surface area contributed by atoms with Gasteiger partial charge in [-0.3, -0.25) is 9.48 Å². The lowest BCUT2D eigenvalue weighted by atomic mass is 9.98. The summed E-state index contributed by atoms with van der Waals surface area (Å²) in [4.78, 5) is 29.2. The van der Waals surface area contributed by atoms with E-state index in [0.29, 0.717) is 24.2 Å². The maximum Gasteiger partial charge on any atom is 0.330 e. The van der Waals surface area contributed by atoms with Crippen molar-refractivity contribution in [3.05, 3.63) is 30.0 Å². The number of nitrogens with two attached hydrogens (primary N) is 1. The van der Waals surface area contributed by atoms with Crippen molar-refractivity contribution in [3.63, 3.8) is 0 Å². The van der Waals surface area contributed by atoms with Gasteiger partial charge in [-0.2, -0.15) is 5.10 Å². The van der Waals surface area contributed by atoms with E-state index in [2.05, 4.69) is 5.10 Å². The molecule has 1 fully saturated rings. The molecule has 2 aromatic rings. The van der Waals surface area contributed by atoms with Gasteiger partial charge in [0, 0.05) is 18.1 Å². The number of rotatable bonds is 3. The summed E-state index contributed by atoms with van der Waals surface area (Å²) in [5, 5.41) is 7.16. The van der Waals surface area contributed by atoms with Crippen molar-refractivity contribution < 1.29 is 14.4 Å². The molecule has 2 N–H and O–H groups in total. The molecule has 1 saturated heterocycles. The molecule has 0 spiro atoms. The molecule has 1 atom stereocenters. The Labute approximate surface area is 146 Å². The molecule has 7 nitrogen and oxygen atoms in total. The third-order valence-electron chi connectivity index (χ3n) is 4.38. The summed E-state index contributed by atoms with van der Waals surface area (Å²) in [7, 11) is 0. The minimum absolute atomic E-state index is 0.0784. The second-order valence-corrected chi connectivity index (χ2v) is 7.53. The maximum absolute atomic E-state index is 12.1. The van der Waals surface area contributed by atoms with Gasteiger partial charge in [0.25, 0.3) is 5.91 Å². The fourth-order valence-electron chi connectivity index (χ4n) is 2.92. The van der Waals surface area contributed by atoms with E-state index in [9.17, 15) is 9.59 Å². The molecule has 1 aliphatic heterocycles. The van der Waals surface area contributed by atoms with Crippen molar-refractivity contribution in [2.45, 2.75) is 39.7 Å². The van der Waals surface area contributed by atoms with Gasteiger partial charge in [0.2, 0.25) is 0 Å². The number of aromatic nitrogens is 2. The number of benzene rings is 1. The molecule has 3 rings (SSSR count). The summed E-state index contributed by atoms with van der Waals surface area (Å²) in [6.07, 6.45) is 3.76. The van der Waals surface area contributed by atoms with E-state index in [1.54, 1.807) is 17.2 Å². The molecule has 0 aliphatic carbocycles. The van der Waals surface area contributed by atoms with Crippen LogP contribution in [0.15, 0.2) is 24.4 Å². The normalized spacial score (nSPS) is 19.1. The van der Waals surface area contributed by atoms with Crippen LogP contribution >= 0.6 is 0 Å². The molecule has 1 aromatic heterocycles. The zero-order valence-corrected chi connectivity index (χ0v) is 14.9. The number of hydrogen-bond donors (Lipinski definition) is 1. The average molecular weight is 344 g/mol. The molecular formula is C18H24N4O3. The number of piperidine rings is 1. The van der Waals surface area contributed by atoms with Crippen LogP contribution in [0.2, 0.25) is 0 Å². The fraction of sp³-hybridized carbons (Fsp3) is 0.500. The maximum atomic E-state index is 12.1. The van der Waals surface area contributed by atoms with Gasteiger partial charge < -0.3 is 10.6 Å². The quantitative estimate of drug-likeness (QED) is 0.922. The number of fused-ring (bicyclic) bond motifs is 1. The third kappa shape index (κ3) is 3.66. The first kappa shape index (κ1) is 17.4. The SMILES string of the molecule is CC(C)(C)C(=O)ON1CCCC(n2cc3cccc(C(N)=O)c3n2)C1. The number of amides is 1. The number of primary amides is 1. The molecule has 25 heavy (non-hydrogen) atoms. The van der Waals surface area contributed by atoms with E-state index in [1.165, 1.54) is 0 Å². The Morgan fingerprint density at radius 1 is 1.32 bits per heavy atom. The van der Waals surface area contributed by atoms with Crippen molar-refractivity contribution >= 4 is 22.8 Å². The summed E-state index contributed by atoms with van der Waals surface area (Å²) < 4.78 is 1.86. The lowest BCUT2D eigenvalue weighted by Crippen LogP contribution is -2.40. The van der Waals surface area contributed by atoms with Crippen molar-refractivity contribution in [1.29, 1.82) is 0 Å². The monoisotopic (exact) mass is 344 g/mol. The first-order chi connectivity index (χ1) is 11.8. The van der Waals surface area contributed by atoms with E-state index < -0.39 is 11.3 Å². The zero-order valence-electron chi connectivity index (χ0n) is 14.9. The second kappa shape index (κ2) is 6.48. The van der Waals surface area contributed by atoms with Crippen LogP contribution in [0.4, 0.5) is 0 Å². The third-order valence-corrected chi connectivity index (χ3v) is 4.38. The minimum atomic E-state index is -0.538. The summed E-state index contributed by atoms with van der Waals surface area (Å²) in [5.74, 6) is -0.727. The minimum Gasteiger partial charge on any atom is -0.367 e. The Morgan fingerprint density at radius 3 is 2.76 bits per heavy atom. The lowest BCUT2D eigenvalue weighted by molar-refractivity contribution is -0.207. The molecular weight excluding hydrogens is 320 g/mol. The van der Waals surface area contributed by atoms with E-state index >= 15 is 0 Å². The van der Waals surface area contributed by atoms with Crippen LogP contribution in [-0.4, -0.2) is 39.8 Å². The predicted octanol–water partition coefficient (Wildman–Crippen LogP) is 2.28. The first-order valence-electron chi connectivity index (χ1n) is 8.51. The number of nitrogens with zero attached hydrogens (tertiary/aromatic N) is 3. The number of hydrogen-bond acceptors (Lipinski definition) is 5. The Morgan fingerprint density at radius 2 is 2.08 bits per heavy atom. The Hall–Kier alpha value is -2.41. The van der Waals surface area contributed by atoms with Crippen LogP contribution in [0.25, 0.3) is 10.9 Å². The van der Waals surface area contributed by atoms with Crippen molar-refractivity contribution in [3.8, 4) is 0 Å². The first-order valence-corrected chi connectivity index (χ1v) is 8.51. The van der Waals surface area contributed by atoms with Crippen LogP contribution in [-0.2, 0) is 9.63 Å². The molecule has 1 unspecified atom stereocenters. The van der Waals surface area contributed by atoms with Crippen molar-refractivity contribution in [2.24, 2.45) is 11.1 Å². The van der Waals surface area contributed by atoms with Crippen LogP contribution in [0.1, 0.15) is 50.0 Å². The van der Waals surface area contributed by atoms with Gasteiger partial charge in [-0.05, 0) is 39.7 Å². The van der Waals surface area contributed by atoms with Gasteiger partial charge in [-0.25, -0.2) is 4.79 Å². The van der Waals surface area contributed by atoms with E-state index in [-0.39, 0.29) is 12.0 Å². The summed E-state index contributed by atoms with van der Waals surface area (Å²) in [6, 6.07) is 5.47. The standard InChI is InChI=1S/C18H24N4O3/c1-18(2,3)17(24)25-21-9-5-7-13(11-21)22-10-12-6-4-8-14(16(19)23)15(12)20-22/h4,6,8,10,13H,5,7,9,11H2,1-3H3,(H2,19,23). The average Bonchev–Trinajstić information content (AvgIpc) is 2.98. The number of hydroxylamine groups is 2. The molecule has 1 aliphatic rings. The molecule has 0 bridgehead atoms. The highest BCUT2D eigenvalue weighted by Crippen LogP contribution is 2.26. The summed E-state index contributed by atoms with van der Waals surface area (Å²) in [6.45, 7) is 6.79. The molecule has 1 aromatic carbocycles. The Kier molecular flexibility index (Phi) is 4.51. The van der Waals surface area contributed by atoms with Crippen LogP contribution in [0.3, 0.4) is 0 Å². The summed E-state index contributed by atoms with van der Waals surface area (Å²) in [5.41, 5.74) is 5.92. The molecule has 134 valence electrons. The second-order valence-electron chi connectivity index (χ2n) is 7.53. The topological polar surface area (TPSA) is 90.5 Å². The highest BCUT2D eigenvalue weighted by Gasteiger charge is 2.30. The van der Waals surface area contributed by atoms with E-state index in [1.807, 2.05) is 37.7 Å². The molecule has 7 heteroatoms. The van der Waals surface area contributed by atoms with Crippen LogP contribution in [0, 0.1) is 5.41 Å². The van der Waals surface area contributed by atoms with Gasteiger partial charge >= 0.3 is 5.97 Å². The molecule has 1 amide bonds. The van der Waals surface area contributed by atoms with E-state index in [4.69, 9.17) is 10.6 Å².